The molecule has 17 heavy (non-hydrogen) atoms. The predicted octanol–water partition coefficient (Wildman–Crippen LogP) is 1.40. The second-order valence-corrected chi connectivity index (χ2v) is 4.11. The molecule has 0 fully saturated rings. The fourth-order valence-corrected chi connectivity index (χ4v) is 1.85. The summed E-state index contributed by atoms with van der Waals surface area (Å²) in [5, 5.41) is 18.3. The van der Waals surface area contributed by atoms with E-state index in [4.69, 9.17) is 5.73 Å². The van der Waals surface area contributed by atoms with Gasteiger partial charge < -0.3 is 5.73 Å². The Bertz CT molecular complexity index is 568. The van der Waals surface area contributed by atoms with Gasteiger partial charge in [-0.05, 0) is 22.0 Å². The van der Waals surface area contributed by atoms with Crippen LogP contribution in [0.2, 0.25) is 0 Å². The smallest absolute Gasteiger partial charge is 0.270 e. The van der Waals surface area contributed by atoms with Crippen molar-refractivity contribution in [3.63, 3.8) is 0 Å². The van der Waals surface area contributed by atoms with Crippen LogP contribution >= 0.6 is 15.9 Å². The molecule has 0 amide bonds. The Morgan fingerprint density at radius 2 is 2.29 bits per heavy atom. The molecule has 1 aromatic heterocycles. The zero-order valence-electron chi connectivity index (χ0n) is 8.58. The maximum absolute atomic E-state index is 10.6. The first-order chi connectivity index (χ1) is 8.11. The van der Waals surface area contributed by atoms with Gasteiger partial charge in [0.15, 0.2) is 0 Å². The van der Waals surface area contributed by atoms with Gasteiger partial charge in [0.05, 0.1) is 27.0 Å². The fourth-order valence-electron chi connectivity index (χ4n) is 1.30. The van der Waals surface area contributed by atoms with Gasteiger partial charge in [-0.25, -0.2) is 4.68 Å². The highest BCUT2D eigenvalue weighted by Crippen LogP contribution is 2.25. The van der Waals surface area contributed by atoms with E-state index >= 15 is 0 Å². The summed E-state index contributed by atoms with van der Waals surface area (Å²) in [5.41, 5.74) is 6.76. The number of nitro benzene ring substituents is 1. The van der Waals surface area contributed by atoms with E-state index in [0.29, 0.717) is 22.4 Å². The Kier molecular flexibility index (Phi) is 3.16. The molecule has 2 aromatic rings. The van der Waals surface area contributed by atoms with Crippen LogP contribution in [-0.4, -0.2) is 19.9 Å². The zero-order chi connectivity index (χ0) is 12.4. The van der Waals surface area contributed by atoms with Crippen LogP contribution < -0.4 is 5.73 Å². The topological polar surface area (TPSA) is 99.9 Å². The van der Waals surface area contributed by atoms with Gasteiger partial charge in [0.1, 0.15) is 0 Å². The molecule has 7 nitrogen and oxygen atoms in total. The van der Waals surface area contributed by atoms with Crippen LogP contribution in [0.3, 0.4) is 0 Å². The Morgan fingerprint density at radius 1 is 1.53 bits per heavy atom. The van der Waals surface area contributed by atoms with Gasteiger partial charge >= 0.3 is 0 Å². The molecule has 1 aromatic carbocycles. The van der Waals surface area contributed by atoms with E-state index in [1.165, 1.54) is 16.8 Å². The van der Waals surface area contributed by atoms with Crippen molar-refractivity contribution in [3.8, 4) is 5.69 Å². The Hall–Kier alpha value is -1.80. The van der Waals surface area contributed by atoms with Crippen molar-refractivity contribution in [2.24, 2.45) is 5.73 Å². The number of benzene rings is 1. The summed E-state index contributed by atoms with van der Waals surface area (Å²) >= 11 is 3.26. The van der Waals surface area contributed by atoms with E-state index in [0.717, 1.165) is 0 Å². The maximum Gasteiger partial charge on any atom is 0.270 e. The average molecular weight is 298 g/mol. The molecule has 0 aliphatic carbocycles. The summed E-state index contributed by atoms with van der Waals surface area (Å²) in [7, 11) is 0. The van der Waals surface area contributed by atoms with Crippen LogP contribution in [0.25, 0.3) is 5.69 Å². The minimum Gasteiger partial charge on any atom is -0.325 e. The largest absolute Gasteiger partial charge is 0.325 e. The van der Waals surface area contributed by atoms with Gasteiger partial charge in [0, 0.05) is 18.7 Å². The lowest BCUT2D eigenvalue weighted by molar-refractivity contribution is -0.384. The van der Waals surface area contributed by atoms with E-state index in [1.807, 2.05) is 0 Å². The zero-order valence-corrected chi connectivity index (χ0v) is 10.2. The van der Waals surface area contributed by atoms with E-state index in [2.05, 4.69) is 26.2 Å². The Balaban J connectivity index is 2.42. The first kappa shape index (κ1) is 11.7. The van der Waals surface area contributed by atoms with Gasteiger partial charge in [-0.15, -0.1) is 5.10 Å². The molecular formula is C9H8BrN5O2. The van der Waals surface area contributed by atoms with Crippen LogP contribution in [0.1, 0.15) is 5.69 Å². The molecule has 0 spiro atoms. The quantitative estimate of drug-likeness (QED) is 0.682. The molecule has 2 rings (SSSR count). The monoisotopic (exact) mass is 297 g/mol. The van der Waals surface area contributed by atoms with E-state index < -0.39 is 4.92 Å². The summed E-state index contributed by atoms with van der Waals surface area (Å²) < 4.78 is 2.08. The molecule has 0 saturated carbocycles. The number of nitro groups is 1. The summed E-state index contributed by atoms with van der Waals surface area (Å²) in [4.78, 5) is 10.1. The summed E-state index contributed by atoms with van der Waals surface area (Å²) in [5.74, 6) is 0. The number of rotatable bonds is 3. The molecule has 0 atom stereocenters. The number of aromatic nitrogens is 3. The molecule has 8 heteroatoms. The summed E-state index contributed by atoms with van der Waals surface area (Å²) in [6.07, 6.45) is 1.67. The second-order valence-electron chi connectivity index (χ2n) is 3.25. The second kappa shape index (κ2) is 4.60. The van der Waals surface area contributed by atoms with Gasteiger partial charge in [0.25, 0.3) is 5.69 Å². The van der Waals surface area contributed by atoms with Crippen LogP contribution in [0.4, 0.5) is 5.69 Å². The molecule has 0 radical (unpaired) electrons. The number of halogens is 1. The Labute approximate surface area is 105 Å². The van der Waals surface area contributed by atoms with Crippen molar-refractivity contribution in [1.82, 2.24) is 15.0 Å². The van der Waals surface area contributed by atoms with Crippen molar-refractivity contribution in [3.05, 3.63) is 44.7 Å². The minimum atomic E-state index is -0.457. The lowest BCUT2D eigenvalue weighted by Gasteiger charge is -2.02. The van der Waals surface area contributed by atoms with Gasteiger partial charge in [-0.3, -0.25) is 10.1 Å². The van der Waals surface area contributed by atoms with Crippen molar-refractivity contribution in [2.45, 2.75) is 6.54 Å². The van der Waals surface area contributed by atoms with Crippen molar-refractivity contribution in [1.29, 1.82) is 0 Å². The SMILES string of the molecule is NCc1cn(-c2ccc([N+](=O)[O-])cc2Br)nn1. The van der Waals surface area contributed by atoms with Crippen LogP contribution in [0.5, 0.6) is 0 Å². The third-order valence-corrected chi connectivity index (χ3v) is 2.77. The lowest BCUT2D eigenvalue weighted by Crippen LogP contribution is -1.97. The van der Waals surface area contributed by atoms with Crippen LogP contribution in [-0.2, 0) is 6.54 Å². The van der Waals surface area contributed by atoms with Gasteiger partial charge in [-0.1, -0.05) is 5.21 Å². The third kappa shape index (κ3) is 2.32. The van der Waals surface area contributed by atoms with Crippen molar-refractivity contribution < 1.29 is 4.92 Å². The standard InChI is InChI=1S/C9H8BrN5O2/c10-8-3-7(15(16)17)1-2-9(8)14-5-6(4-11)12-13-14/h1-3,5H,4,11H2. The van der Waals surface area contributed by atoms with Gasteiger partial charge in [-0.2, -0.15) is 0 Å². The Morgan fingerprint density at radius 3 is 2.82 bits per heavy atom. The first-order valence-corrected chi connectivity index (χ1v) is 5.46. The minimum absolute atomic E-state index is 0.0137. The highest BCUT2D eigenvalue weighted by molar-refractivity contribution is 9.10. The number of hydrogen-bond acceptors (Lipinski definition) is 5. The van der Waals surface area contributed by atoms with Crippen LogP contribution in [0, 0.1) is 10.1 Å². The third-order valence-electron chi connectivity index (χ3n) is 2.14. The summed E-state index contributed by atoms with van der Waals surface area (Å²) in [6.45, 7) is 0.296. The molecular weight excluding hydrogens is 290 g/mol. The first-order valence-electron chi connectivity index (χ1n) is 4.67. The molecule has 0 aliphatic heterocycles. The molecule has 0 bridgehead atoms. The normalized spacial score (nSPS) is 10.5. The number of non-ortho nitro benzene ring substituents is 1. The van der Waals surface area contributed by atoms with E-state index in [-0.39, 0.29) is 5.69 Å². The summed E-state index contributed by atoms with van der Waals surface area (Å²) in [6, 6.07) is 4.42. The van der Waals surface area contributed by atoms with E-state index in [9.17, 15) is 10.1 Å². The fraction of sp³-hybridized carbons (Fsp3) is 0.111. The number of hydrogen-bond donors (Lipinski definition) is 1. The highest BCUT2D eigenvalue weighted by Gasteiger charge is 2.11. The molecule has 0 aliphatic rings. The number of nitrogens with zero attached hydrogens (tertiary/aromatic N) is 4. The number of nitrogens with two attached hydrogens (primary N) is 1. The van der Waals surface area contributed by atoms with Crippen LogP contribution in [0.15, 0.2) is 28.9 Å². The van der Waals surface area contributed by atoms with E-state index in [1.54, 1.807) is 12.3 Å². The molecule has 2 N–H and O–H groups in total. The average Bonchev–Trinajstić information content (AvgIpc) is 2.77. The maximum atomic E-state index is 10.6. The molecule has 88 valence electrons. The van der Waals surface area contributed by atoms with Crippen molar-refractivity contribution in [2.75, 3.05) is 0 Å². The molecule has 1 heterocycles. The lowest BCUT2D eigenvalue weighted by atomic mass is 10.3. The van der Waals surface area contributed by atoms with Gasteiger partial charge in [0.2, 0.25) is 0 Å². The highest BCUT2D eigenvalue weighted by atomic mass is 79.9. The molecule has 0 unspecified atom stereocenters. The molecule has 0 saturated heterocycles. The van der Waals surface area contributed by atoms with Crippen molar-refractivity contribution >= 4 is 21.6 Å². The predicted molar refractivity (Wildman–Crippen MR) is 63.6 cm³/mol.